The first-order chi connectivity index (χ1) is 12.1. The van der Waals surface area contributed by atoms with E-state index < -0.39 is 11.2 Å². The van der Waals surface area contributed by atoms with Crippen molar-refractivity contribution in [3.8, 4) is 0 Å². The number of aliphatic hydroxyl groups is 1. The average molecular weight is 357 g/mol. The fourth-order valence-corrected chi connectivity index (χ4v) is 2.14. The van der Waals surface area contributed by atoms with Crippen LogP contribution < -0.4 is 10.8 Å². The van der Waals surface area contributed by atoms with Crippen molar-refractivity contribution in [1.29, 1.82) is 0 Å². The maximum Gasteiger partial charge on any atom is 0.331 e. The third-order valence-electron chi connectivity index (χ3n) is 4.56. The molecule has 0 saturated carbocycles. The lowest BCUT2D eigenvalue weighted by Crippen LogP contribution is -2.49. The van der Waals surface area contributed by atoms with E-state index in [9.17, 15) is 9.90 Å². The van der Waals surface area contributed by atoms with Crippen molar-refractivity contribution in [2.24, 2.45) is 0 Å². The molecule has 0 atom stereocenters. The van der Waals surface area contributed by atoms with E-state index in [1.54, 1.807) is 21.3 Å². The number of carbonyl (C=O) groups is 1. The standard InChI is InChI=1S/C19H26BN2O4/c1-18(2,24)19(3,4)26-20-14-12-16(21-11-10-17(23)25-5)22-15-9-7-6-8-13(14)15/h6-9,12,24H,10-11H2,1-5H3,(H,21,22). The van der Waals surface area contributed by atoms with E-state index in [1.807, 2.05) is 44.2 Å². The van der Waals surface area contributed by atoms with Gasteiger partial charge in [0.1, 0.15) is 5.82 Å². The molecule has 1 aromatic carbocycles. The Kier molecular flexibility index (Phi) is 6.26. The summed E-state index contributed by atoms with van der Waals surface area (Å²) in [7, 11) is 3.01. The fourth-order valence-electron chi connectivity index (χ4n) is 2.14. The minimum Gasteiger partial charge on any atom is -0.469 e. The minimum absolute atomic E-state index is 0.256. The Bertz CT molecular complexity index is 772. The second-order valence-corrected chi connectivity index (χ2v) is 7.17. The van der Waals surface area contributed by atoms with Crippen LogP contribution in [-0.2, 0) is 14.2 Å². The number of pyridine rings is 1. The number of rotatable bonds is 8. The van der Waals surface area contributed by atoms with E-state index in [1.165, 1.54) is 7.11 Å². The van der Waals surface area contributed by atoms with Gasteiger partial charge in [-0.25, -0.2) is 4.98 Å². The van der Waals surface area contributed by atoms with Gasteiger partial charge in [-0.1, -0.05) is 18.2 Å². The van der Waals surface area contributed by atoms with Crippen LogP contribution in [0.25, 0.3) is 10.9 Å². The van der Waals surface area contributed by atoms with E-state index in [4.69, 9.17) is 4.65 Å². The summed E-state index contributed by atoms with van der Waals surface area (Å²) in [5.41, 5.74) is -0.121. The Morgan fingerprint density at radius 2 is 1.96 bits per heavy atom. The molecule has 0 unspecified atom stereocenters. The van der Waals surface area contributed by atoms with Crippen molar-refractivity contribution in [3.63, 3.8) is 0 Å². The van der Waals surface area contributed by atoms with Gasteiger partial charge in [-0.3, -0.25) is 4.79 Å². The third kappa shape index (κ3) is 4.96. The van der Waals surface area contributed by atoms with Crippen LogP contribution in [0, 0.1) is 0 Å². The summed E-state index contributed by atoms with van der Waals surface area (Å²) in [6, 6.07) is 9.60. The van der Waals surface area contributed by atoms with E-state index in [2.05, 4.69) is 15.0 Å². The van der Waals surface area contributed by atoms with Crippen molar-refractivity contribution < 1.29 is 19.3 Å². The van der Waals surface area contributed by atoms with E-state index >= 15 is 0 Å². The van der Waals surface area contributed by atoms with Gasteiger partial charge < -0.3 is 19.8 Å². The zero-order valence-electron chi connectivity index (χ0n) is 16.0. The quantitative estimate of drug-likeness (QED) is 0.556. The molecule has 0 spiro atoms. The van der Waals surface area contributed by atoms with Crippen molar-refractivity contribution >= 4 is 35.6 Å². The predicted octanol–water partition coefficient (Wildman–Crippen LogP) is 2.02. The number of para-hydroxylation sites is 1. The summed E-state index contributed by atoms with van der Waals surface area (Å²) in [5, 5.41) is 14.3. The molecule has 1 radical (unpaired) electrons. The first-order valence-corrected chi connectivity index (χ1v) is 8.58. The van der Waals surface area contributed by atoms with Crippen molar-refractivity contribution in [1.82, 2.24) is 4.98 Å². The second-order valence-electron chi connectivity index (χ2n) is 7.17. The summed E-state index contributed by atoms with van der Waals surface area (Å²) in [6.07, 6.45) is 0.256. The van der Waals surface area contributed by atoms with Crippen LogP contribution in [0.3, 0.4) is 0 Å². The summed E-state index contributed by atoms with van der Waals surface area (Å²) < 4.78 is 10.5. The molecule has 26 heavy (non-hydrogen) atoms. The van der Waals surface area contributed by atoms with Crippen LogP contribution in [0.5, 0.6) is 0 Å². The molecule has 0 saturated heterocycles. The smallest absolute Gasteiger partial charge is 0.331 e. The number of methoxy groups -OCH3 is 1. The minimum atomic E-state index is -1.01. The van der Waals surface area contributed by atoms with Gasteiger partial charge in [0.05, 0.1) is 30.2 Å². The number of hydrogen-bond donors (Lipinski definition) is 2. The molecular formula is C19H26BN2O4. The molecule has 0 aliphatic rings. The summed E-state index contributed by atoms with van der Waals surface area (Å²) in [4.78, 5) is 15.8. The predicted molar refractivity (Wildman–Crippen MR) is 104 cm³/mol. The molecule has 0 fully saturated rings. The zero-order valence-corrected chi connectivity index (χ0v) is 16.0. The number of hydrogen-bond acceptors (Lipinski definition) is 6. The van der Waals surface area contributed by atoms with Gasteiger partial charge in [-0.2, -0.15) is 0 Å². The van der Waals surface area contributed by atoms with Crippen LogP contribution >= 0.6 is 0 Å². The molecule has 2 rings (SSSR count). The number of anilines is 1. The first-order valence-electron chi connectivity index (χ1n) is 8.58. The largest absolute Gasteiger partial charge is 0.469 e. The van der Waals surface area contributed by atoms with Gasteiger partial charge in [0.25, 0.3) is 0 Å². The van der Waals surface area contributed by atoms with E-state index in [-0.39, 0.29) is 12.4 Å². The molecule has 2 N–H and O–H groups in total. The maximum atomic E-state index is 11.3. The number of aromatic nitrogens is 1. The van der Waals surface area contributed by atoms with Crippen LogP contribution in [0.1, 0.15) is 34.1 Å². The van der Waals surface area contributed by atoms with Crippen molar-refractivity contribution in [2.75, 3.05) is 19.0 Å². The SMILES string of the molecule is COC(=O)CCNc1cc([B]OC(C)(C)C(C)(C)O)c2ccccc2n1. The highest BCUT2D eigenvalue weighted by molar-refractivity contribution is 6.51. The molecule has 1 aromatic heterocycles. The topological polar surface area (TPSA) is 80.7 Å². The molecule has 1 heterocycles. The van der Waals surface area contributed by atoms with Gasteiger partial charge >= 0.3 is 13.5 Å². The lowest BCUT2D eigenvalue weighted by molar-refractivity contribution is -0.140. The average Bonchev–Trinajstić information content (AvgIpc) is 2.58. The Balaban J connectivity index is 2.22. The lowest BCUT2D eigenvalue weighted by Gasteiger charge is -2.37. The van der Waals surface area contributed by atoms with Gasteiger partial charge in [-0.15, -0.1) is 0 Å². The van der Waals surface area contributed by atoms with Gasteiger partial charge in [0.15, 0.2) is 0 Å². The number of carbonyl (C=O) groups excluding carboxylic acids is 1. The summed E-state index contributed by atoms with van der Waals surface area (Å²) in [5.74, 6) is 0.365. The van der Waals surface area contributed by atoms with E-state index in [0.29, 0.717) is 12.4 Å². The highest BCUT2D eigenvalue weighted by atomic mass is 16.5. The van der Waals surface area contributed by atoms with Gasteiger partial charge in [0.2, 0.25) is 0 Å². The Morgan fingerprint density at radius 1 is 1.27 bits per heavy atom. The molecular weight excluding hydrogens is 331 g/mol. The molecule has 2 aromatic rings. The van der Waals surface area contributed by atoms with Crippen LogP contribution in [0.15, 0.2) is 30.3 Å². The Hall–Kier alpha value is -2.12. The van der Waals surface area contributed by atoms with Crippen molar-refractivity contribution in [3.05, 3.63) is 30.3 Å². The number of nitrogens with zero attached hydrogens (tertiary/aromatic N) is 1. The molecule has 0 aliphatic carbocycles. The summed E-state index contributed by atoms with van der Waals surface area (Å²) >= 11 is 0. The number of benzene rings is 1. The third-order valence-corrected chi connectivity index (χ3v) is 4.56. The van der Waals surface area contributed by atoms with Gasteiger partial charge in [0, 0.05) is 6.54 Å². The van der Waals surface area contributed by atoms with E-state index in [0.717, 1.165) is 16.4 Å². The molecule has 0 aliphatic heterocycles. The lowest BCUT2D eigenvalue weighted by atomic mass is 9.81. The first kappa shape index (κ1) is 20.2. The van der Waals surface area contributed by atoms with Crippen LogP contribution in [0.2, 0.25) is 0 Å². The van der Waals surface area contributed by atoms with Crippen LogP contribution in [-0.4, -0.2) is 48.4 Å². The molecule has 7 heteroatoms. The summed E-state index contributed by atoms with van der Waals surface area (Å²) in [6.45, 7) is 7.52. The monoisotopic (exact) mass is 357 g/mol. The normalized spacial score (nSPS) is 12.1. The molecule has 0 bridgehead atoms. The van der Waals surface area contributed by atoms with Gasteiger partial charge in [-0.05, 0) is 50.7 Å². The highest BCUT2D eigenvalue weighted by Crippen LogP contribution is 2.24. The zero-order chi connectivity index (χ0) is 19.4. The number of nitrogens with one attached hydrogen (secondary N) is 1. The maximum absolute atomic E-state index is 11.3. The Labute approximate surface area is 155 Å². The molecule has 139 valence electrons. The number of ether oxygens (including phenoxy) is 1. The number of fused-ring (bicyclic) bond motifs is 1. The Morgan fingerprint density at radius 3 is 2.62 bits per heavy atom. The molecule has 0 amide bonds. The second kappa shape index (κ2) is 8.06. The molecule has 6 nitrogen and oxygen atoms in total. The van der Waals surface area contributed by atoms with Crippen LogP contribution in [0.4, 0.5) is 5.82 Å². The number of esters is 1. The van der Waals surface area contributed by atoms with Crippen molar-refractivity contribution in [2.45, 2.75) is 45.3 Å². The highest BCUT2D eigenvalue weighted by Gasteiger charge is 2.35. The fraction of sp³-hybridized carbons (Fsp3) is 0.474.